The summed E-state index contributed by atoms with van der Waals surface area (Å²) in [5.74, 6) is 0.468. The van der Waals surface area contributed by atoms with Crippen LogP contribution in [-0.2, 0) is 4.79 Å². The molecule has 1 unspecified atom stereocenters. The molecule has 1 aliphatic rings. The molecule has 22 heavy (non-hydrogen) atoms. The van der Waals surface area contributed by atoms with Gasteiger partial charge in [-0.1, -0.05) is 11.6 Å². The third kappa shape index (κ3) is 3.23. The van der Waals surface area contributed by atoms with E-state index in [-0.39, 0.29) is 11.8 Å². The molecule has 3 heterocycles. The summed E-state index contributed by atoms with van der Waals surface area (Å²) in [6, 6.07) is 3.70. The van der Waals surface area contributed by atoms with Crippen LogP contribution in [0, 0.1) is 0 Å². The summed E-state index contributed by atoms with van der Waals surface area (Å²) in [5.41, 5.74) is 0.670. The fraction of sp³-hybridized carbons (Fsp3) is 0.400. The van der Waals surface area contributed by atoms with Gasteiger partial charge in [0.15, 0.2) is 5.82 Å². The van der Waals surface area contributed by atoms with Gasteiger partial charge in [0.1, 0.15) is 12.0 Å². The minimum Gasteiger partial charge on any atom is -0.355 e. The Morgan fingerprint density at radius 1 is 1.41 bits per heavy atom. The molecule has 1 amide bonds. The minimum atomic E-state index is -0.260. The van der Waals surface area contributed by atoms with Crippen molar-refractivity contribution >= 4 is 40.4 Å². The van der Waals surface area contributed by atoms with Crippen molar-refractivity contribution in [3.8, 4) is 0 Å². The first-order valence-corrected chi connectivity index (χ1v) is 8.45. The second-order valence-corrected chi connectivity index (χ2v) is 7.05. The Kier molecular flexibility index (Phi) is 4.59. The molecule has 1 N–H and O–H groups in total. The molecule has 0 bridgehead atoms. The van der Waals surface area contributed by atoms with Crippen molar-refractivity contribution in [3.05, 3.63) is 33.9 Å². The fourth-order valence-electron chi connectivity index (χ4n) is 2.52. The number of rotatable bonds is 4. The van der Waals surface area contributed by atoms with Gasteiger partial charge in [-0.15, -0.1) is 11.3 Å². The van der Waals surface area contributed by atoms with E-state index in [0.29, 0.717) is 10.0 Å². The van der Waals surface area contributed by atoms with Crippen LogP contribution in [0.1, 0.15) is 30.6 Å². The van der Waals surface area contributed by atoms with Crippen LogP contribution in [0.25, 0.3) is 0 Å². The van der Waals surface area contributed by atoms with E-state index in [4.69, 9.17) is 11.6 Å². The van der Waals surface area contributed by atoms with Crippen molar-refractivity contribution in [2.24, 2.45) is 0 Å². The van der Waals surface area contributed by atoms with E-state index in [9.17, 15) is 4.79 Å². The monoisotopic (exact) mass is 336 g/mol. The Morgan fingerprint density at radius 3 is 2.86 bits per heavy atom. The number of carbonyl (C=O) groups is 1. The Morgan fingerprint density at radius 2 is 2.18 bits per heavy atom. The first-order chi connectivity index (χ1) is 10.6. The van der Waals surface area contributed by atoms with Crippen molar-refractivity contribution < 1.29 is 4.79 Å². The molecule has 0 spiro atoms. The summed E-state index contributed by atoms with van der Waals surface area (Å²) in [6.45, 7) is 3.81. The number of hydrogen-bond acceptors (Lipinski definition) is 5. The molecule has 1 fully saturated rings. The van der Waals surface area contributed by atoms with Crippen LogP contribution in [0.5, 0.6) is 0 Å². The molecule has 1 atom stereocenters. The summed E-state index contributed by atoms with van der Waals surface area (Å²) >= 11 is 7.37. The van der Waals surface area contributed by atoms with Crippen LogP contribution in [0.15, 0.2) is 24.7 Å². The van der Waals surface area contributed by atoms with Crippen LogP contribution in [0.4, 0.5) is 11.5 Å². The highest BCUT2D eigenvalue weighted by Gasteiger charge is 2.22. The maximum Gasteiger partial charge on any atom is 0.232 e. The number of hydrogen-bond donors (Lipinski definition) is 1. The smallest absolute Gasteiger partial charge is 0.232 e. The van der Waals surface area contributed by atoms with Crippen molar-refractivity contribution in [1.29, 1.82) is 0 Å². The molecule has 2 aromatic heterocycles. The molecule has 0 aliphatic carbocycles. The van der Waals surface area contributed by atoms with Gasteiger partial charge in [-0.3, -0.25) is 4.79 Å². The van der Waals surface area contributed by atoms with Crippen molar-refractivity contribution in [2.75, 3.05) is 23.3 Å². The topological polar surface area (TPSA) is 58.1 Å². The van der Waals surface area contributed by atoms with Gasteiger partial charge >= 0.3 is 0 Å². The Hall–Kier alpha value is -1.66. The van der Waals surface area contributed by atoms with Gasteiger partial charge < -0.3 is 10.2 Å². The summed E-state index contributed by atoms with van der Waals surface area (Å²) in [5, 5.41) is 2.95. The molecule has 1 aliphatic heterocycles. The van der Waals surface area contributed by atoms with Gasteiger partial charge in [-0.2, -0.15) is 0 Å². The highest BCUT2D eigenvalue weighted by Crippen LogP contribution is 2.30. The zero-order valence-electron chi connectivity index (χ0n) is 12.3. The SMILES string of the molecule is CC(C(=O)Nc1cncnc1N1CCCC1)c1ccc(Cl)s1. The maximum absolute atomic E-state index is 12.5. The van der Waals surface area contributed by atoms with E-state index >= 15 is 0 Å². The lowest BCUT2D eigenvalue weighted by atomic mass is 10.1. The summed E-state index contributed by atoms with van der Waals surface area (Å²) in [4.78, 5) is 24.0. The predicted molar refractivity (Wildman–Crippen MR) is 89.9 cm³/mol. The van der Waals surface area contributed by atoms with E-state index in [1.807, 2.05) is 19.1 Å². The van der Waals surface area contributed by atoms with Gasteiger partial charge in [-0.05, 0) is 31.9 Å². The van der Waals surface area contributed by atoms with E-state index in [1.165, 1.54) is 17.7 Å². The molecule has 116 valence electrons. The second-order valence-electron chi connectivity index (χ2n) is 5.31. The third-order valence-electron chi connectivity index (χ3n) is 3.77. The number of anilines is 2. The summed E-state index contributed by atoms with van der Waals surface area (Å²) in [6.07, 6.45) is 5.49. The lowest BCUT2D eigenvalue weighted by Gasteiger charge is -2.20. The lowest BCUT2D eigenvalue weighted by Crippen LogP contribution is -2.24. The van der Waals surface area contributed by atoms with Gasteiger partial charge in [-0.25, -0.2) is 9.97 Å². The highest BCUT2D eigenvalue weighted by atomic mass is 35.5. The molecule has 2 aromatic rings. The molecule has 1 saturated heterocycles. The van der Waals surface area contributed by atoms with E-state index in [2.05, 4.69) is 20.2 Å². The van der Waals surface area contributed by atoms with E-state index < -0.39 is 0 Å². The number of amides is 1. The zero-order chi connectivity index (χ0) is 15.5. The first-order valence-electron chi connectivity index (χ1n) is 7.26. The van der Waals surface area contributed by atoms with Crippen molar-refractivity contribution in [3.63, 3.8) is 0 Å². The van der Waals surface area contributed by atoms with Gasteiger partial charge in [0, 0.05) is 18.0 Å². The molecule has 0 radical (unpaired) electrons. The number of aromatic nitrogens is 2. The van der Waals surface area contributed by atoms with Crippen LogP contribution >= 0.6 is 22.9 Å². The molecule has 0 saturated carbocycles. The normalized spacial score (nSPS) is 15.8. The first kappa shape index (κ1) is 15.2. The quantitative estimate of drug-likeness (QED) is 0.927. The van der Waals surface area contributed by atoms with E-state index in [1.54, 1.807) is 6.20 Å². The summed E-state index contributed by atoms with van der Waals surface area (Å²) in [7, 11) is 0. The molecular formula is C15H17ClN4OS. The standard InChI is InChI=1S/C15H17ClN4OS/c1-10(12-4-5-13(16)22-12)15(21)19-11-8-17-9-18-14(11)20-6-2-3-7-20/h4-5,8-10H,2-3,6-7H2,1H3,(H,19,21). The summed E-state index contributed by atoms with van der Waals surface area (Å²) < 4.78 is 0.690. The van der Waals surface area contributed by atoms with Crippen LogP contribution in [0.3, 0.4) is 0 Å². The van der Waals surface area contributed by atoms with Crippen LogP contribution in [0.2, 0.25) is 4.34 Å². The number of thiophene rings is 1. The zero-order valence-corrected chi connectivity index (χ0v) is 13.8. The Bertz CT molecular complexity index is 669. The molecule has 0 aromatic carbocycles. The molecule has 5 nitrogen and oxygen atoms in total. The van der Waals surface area contributed by atoms with Crippen LogP contribution in [-0.4, -0.2) is 29.0 Å². The molecular weight excluding hydrogens is 320 g/mol. The van der Waals surface area contributed by atoms with Crippen LogP contribution < -0.4 is 10.2 Å². The lowest BCUT2D eigenvalue weighted by molar-refractivity contribution is -0.117. The number of nitrogens with one attached hydrogen (secondary N) is 1. The van der Waals surface area contributed by atoms with Gasteiger partial charge in [0.25, 0.3) is 0 Å². The molecule has 7 heteroatoms. The van der Waals surface area contributed by atoms with Crippen molar-refractivity contribution in [1.82, 2.24) is 9.97 Å². The van der Waals surface area contributed by atoms with Gasteiger partial charge in [0.2, 0.25) is 5.91 Å². The second kappa shape index (κ2) is 6.62. The average Bonchev–Trinajstić information content (AvgIpc) is 3.18. The fourth-order valence-corrected chi connectivity index (χ4v) is 3.63. The number of halogens is 1. The van der Waals surface area contributed by atoms with Crippen molar-refractivity contribution in [2.45, 2.75) is 25.7 Å². The number of carbonyl (C=O) groups excluding carboxylic acids is 1. The Labute approximate surface area is 138 Å². The average molecular weight is 337 g/mol. The maximum atomic E-state index is 12.5. The largest absolute Gasteiger partial charge is 0.355 e. The predicted octanol–water partition coefficient (Wildman–Crippen LogP) is 3.53. The highest BCUT2D eigenvalue weighted by molar-refractivity contribution is 7.16. The van der Waals surface area contributed by atoms with E-state index in [0.717, 1.165) is 36.6 Å². The third-order valence-corrected chi connectivity index (χ3v) is 5.18. The minimum absolute atomic E-state index is 0.0752. The Balaban J connectivity index is 1.76. The van der Waals surface area contributed by atoms with Gasteiger partial charge in [0.05, 0.1) is 16.5 Å². The molecule has 3 rings (SSSR count). The number of nitrogens with zero attached hydrogens (tertiary/aromatic N) is 3.